The summed E-state index contributed by atoms with van der Waals surface area (Å²) in [5.41, 5.74) is 1.58. The maximum atomic E-state index is 11.8. The molecule has 23 heavy (non-hydrogen) atoms. The van der Waals surface area contributed by atoms with Gasteiger partial charge in [-0.25, -0.2) is 0 Å². The van der Waals surface area contributed by atoms with Crippen molar-refractivity contribution in [3.05, 3.63) is 65.7 Å². The average Bonchev–Trinajstić information content (AvgIpc) is 2.58. The minimum Gasteiger partial charge on any atom is -0.490 e. The maximum Gasteiger partial charge on any atom is 0.325 e. The molecule has 0 saturated carbocycles. The molecule has 0 radical (unpaired) electrons. The molecule has 0 bridgehead atoms. The molecule has 2 rings (SSSR count). The maximum absolute atomic E-state index is 11.8. The molecule has 5 heteroatoms. The lowest BCUT2D eigenvalue weighted by Crippen LogP contribution is -2.31. The number of hydrogen-bond acceptors (Lipinski definition) is 4. The molecule has 1 amide bonds. The van der Waals surface area contributed by atoms with Gasteiger partial charge in [0.25, 0.3) is 5.91 Å². The van der Waals surface area contributed by atoms with Crippen LogP contribution in [0.5, 0.6) is 5.75 Å². The minimum absolute atomic E-state index is 0.133. The fraction of sp³-hybridized carbons (Fsp3) is 0.222. The first-order chi connectivity index (χ1) is 11.1. The van der Waals surface area contributed by atoms with Crippen molar-refractivity contribution in [1.82, 2.24) is 5.32 Å². The van der Waals surface area contributed by atoms with E-state index in [-0.39, 0.29) is 25.7 Å². The SMILES string of the molecule is Cc1ccc(C(=O)NCC(=O)OCCOc2ccccc2)cc1. The Hall–Kier alpha value is -2.82. The number of carbonyl (C=O) groups excluding carboxylic acids is 2. The Morgan fingerprint density at radius 2 is 1.65 bits per heavy atom. The van der Waals surface area contributed by atoms with Crippen molar-refractivity contribution in [2.45, 2.75) is 6.92 Å². The molecule has 120 valence electrons. The second-order valence-electron chi connectivity index (χ2n) is 4.93. The average molecular weight is 313 g/mol. The molecule has 0 atom stereocenters. The van der Waals surface area contributed by atoms with E-state index in [2.05, 4.69) is 5.32 Å². The van der Waals surface area contributed by atoms with Crippen LogP contribution in [0, 0.1) is 6.92 Å². The monoisotopic (exact) mass is 313 g/mol. The van der Waals surface area contributed by atoms with E-state index in [0.717, 1.165) is 11.3 Å². The number of benzene rings is 2. The summed E-state index contributed by atoms with van der Waals surface area (Å²) in [5.74, 6) is -0.0826. The molecule has 0 aliphatic heterocycles. The first-order valence-electron chi connectivity index (χ1n) is 7.33. The number of ether oxygens (including phenoxy) is 2. The van der Waals surface area contributed by atoms with Crippen molar-refractivity contribution in [3.8, 4) is 5.75 Å². The zero-order chi connectivity index (χ0) is 16.5. The zero-order valence-electron chi connectivity index (χ0n) is 13.0. The lowest BCUT2D eigenvalue weighted by atomic mass is 10.1. The van der Waals surface area contributed by atoms with Crippen LogP contribution in [0.25, 0.3) is 0 Å². The second kappa shape index (κ2) is 8.58. The first kappa shape index (κ1) is 16.5. The van der Waals surface area contributed by atoms with Gasteiger partial charge in [-0.1, -0.05) is 35.9 Å². The van der Waals surface area contributed by atoms with Gasteiger partial charge in [-0.2, -0.15) is 0 Å². The van der Waals surface area contributed by atoms with Gasteiger partial charge < -0.3 is 14.8 Å². The van der Waals surface area contributed by atoms with Crippen LogP contribution in [0.15, 0.2) is 54.6 Å². The number of rotatable bonds is 7. The van der Waals surface area contributed by atoms with Crippen molar-refractivity contribution in [3.63, 3.8) is 0 Å². The van der Waals surface area contributed by atoms with Gasteiger partial charge in [0.15, 0.2) is 0 Å². The number of hydrogen-bond donors (Lipinski definition) is 1. The van der Waals surface area contributed by atoms with E-state index in [1.165, 1.54) is 0 Å². The van der Waals surface area contributed by atoms with Gasteiger partial charge in [-0.3, -0.25) is 9.59 Å². The highest BCUT2D eigenvalue weighted by atomic mass is 16.6. The van der Waals surface area contributed by atoms with Gasteiger partial charge in [0.2, 0.25) is 0 Å². The van der Waals surface area contributed by atoms with Gasteiger partial charge in [-0.15, -0.1) is 0 Å². The summed E-state index contributed by atoms with van der Waals surface area (Å²) in [4.78, 5) is 23.4. The normalized spacial score (nSPS) is 9.96. The number of carbonyl (C=O) groups is 2. The number of para-hydroxylation sites is 1. The second-order valence-corrected chi connectivity index (χ2v) is 4.93. The van der Waals surface area contributed by atoms with Crippen LogP contribution in [0.1, 0.15) is 15.9 Å². The zero-order valence-corrected chi connectivity index (χ0v) is 13.0. The van der Waals surface area contributed by atoms with Crippen molar-refractivity contribution in [2.24, 2.45) is 0 Å². The third-order valence-corrected chi connectivity index (χ3v) is 3.07. The molecule has 0 saturated heterocycles. The predicted molar refractivity (Wildman–Crippen MR) is 86.4 cm³/mol. The highest BCUT2D eigenvalue weighted by Crippen LogP contribution is 2.07. The van der Waals surface area contributed by atoms with Gasteiger partial charge in [0, 0.05) is 5.56 Å². The highest BCUT2D eigenvalue weighted by molar-refractivity contribution is 5.95. The van der Waals surface area contributed by atoms with Crippen molar-refractivity contribution < 1.29 is 19.1 Å². The molecule has 0 fully saturated rings. The fourth-order valence-electron chi connectivity index (χ4n) is 1.84. The standard InChI is InChI=1S/C18H19NO4/c1-14-7-9-15(10-8-14)18(21)19-13-17(20)23-12-11-22-16-5-3-2-4-6-16/h2-10H,11-13H2,1H3,(H,19,21). The molecule has 5 nitrogen and oxygen atoms in total. The van der Waals surface area contributed by atoms with E-state index in [1.54, 1.807) is 12.1 Å². The molecular formula is C18H19NO4. The molecule has 0 spiro atoms. The summed E-state index contributed by atoms with van der Waals surface area (Å²) in [6.07, 6.45) is 0. The quantitative estimate of drug-likeness (QED) is 0.629. The third-order valence-electron chi connectivity index (χ3n) is 3.07. The van der Waals surface area contributed by atoms with E-state index in [4.69, 9.17) is 9.47 Å². The lowest BCUT2D eigenvalue weighted by Gasteiger charge is -2.08. The molecular weight excluding hydrogens is 294 g/mol. The minimum atomic E-state index is -0.498. The summed E-state index contributed by atoms with van der Waals surface area (Å²) in [7, 11) is 0. The number of nitrogens with one attached hydrogen (secondary N) is 1. The van der Waals surface area contributed by atoms with Gasteiger partial charge >= 0.3 is 5.97 Å². The largest absolute Gasteiger partial charge is 0.490 e. The molecule has 2 aromatic carbocycles. The summed E-state index contributed by atoms with van der Waals surface area (Å²) >= 11 is 0. The Kier molecular flexibility index (Phi) is 6.17. The van der Waals surface area contributed by atoms with E-state index in [9.17, 15) is 9.59 Å². The van der Waals surface area contributed by atoms with Crippen LogP contribution in [0.4, 0.5) is 0 Å². The van der Waals surface area contributed by atoms with Crippen LogP contribution in [0.2, 0.25) is 0 Å². The van der Waals surface area contributed by atoms with Crippen LogP contribution < -0.4 is 10.1 Å². The van der Waals surface area contributed by atoms with Crippen molar-refractivity contribution in [1.29, 1.82) is 0 Å². The fourth-order valence-corrected chi connectivity index (χ4v) is 1.84. The Morgan fingerprint density at radius 3 is 2.35 bits per heavy atom. The molecule has 0 unspecified atom stereocenters. The Labute approximate surface area is 135 Å². The topological polar surface area (TPSA) is 64.6 Å². The first-order valence-corrected chi connectivity index (χ1v) is 7.33. The van der Waals surface area contributed by atoms with Gasteiger partial charge in [0.05, 0.1) is 0 Å². The van der Waals surface area contributed by atoms with Crippen LogP contribution in [-0.2, 0) is 9.53 Å². The third kappa shape index (κ3) is 5.82. The number of amides is 1. The van der Waals surface area contributed by atoms with E-state index >= 15 is 0 Å². The lowest BCUT2D eigenvalue weighted by molar-refractivity contribution is -0.143. The predicted octanol–water partition coefficient (Wildman–Crippen LogP) is 2.35. The van der Waals surface area contributed by atoms with Crippen LogP contribution in [0.3, 0.4) is 0 Å². The Morgan fingerprint density at radius 1 is 0.957 bits per heavy atom. The number of esters is 1. The van der Waals surface area contributed by atoms with Crippen LogP contribution >= 0.6 is 0 Å². The van der Waals surface area contributed by atoms with E-state index in [1.807, 2.05) is 49.4 Å². The smallest absolute Gasteiger partial charge is 0.325 e. The molecule has 0 aliphatic carbocycles. The molecule has 2 aromatic rings. The van der Waals surface area contributed by atoms with Crippen LogP contribution in [-0.4, -0.2) is 31.6 Å². The molecule has 0 aromatic heterocycles. The summed E-state index contributed by atoms with van der Waals surface area (Å²) in [5, 5.41) is 2.52. The summed E-state index contributed by atoms with van der Waals surface area (Å²) < 4.78 is 10.4. The van der Waals surface area contributed by atoms with Crippen molar-refractivity contribution >= 4 is 11.9 Å². The number of aryl methyl sites for hydroxylation is 1. The molecule has 0 heterocycles. The van der Waals surface area contributed by atoms with Crippen molar-refractivity contribution in [2.75, 3.05) is 19.8 Å². The van der Waals surface area contributed by atoms with Gasteiger partial charge in [-0.05, 0) is 31.2 Å². The summed E-state index contributed by atoms with van der Waals surface area (Å²) in [6, 6.07) is 16.4. The summed E-state index contributed by atoms with van der Waals surface area (Å²) in [6.45, 7) is 2.17. The Balaban J connectivity index is 1.63. The van der Waals surface area contributed by atoms with Gasteiger partial charge in [0.1, 0.15) is 25.5 Å². The van der Waals surface area contributed by atoms with E-state index < -0.39 is 5.97 Å². The molecule has 0 aliphatic rings. The molecule has 1 N–H and O–H groups in total. The van der Waals surface area contributed by atoms with E-state index in [0.29, 0.717) is 5.56 Å². The highest BCUT2D eigenvalue weighted by Gasteiger charge is 2.08. The Bertz CT molecular complexity index is 638.